The molecule has 0 radical (unpaired) electrons. The maximum absolute atomic E-state index is 12.1. The zero-order chi connectivity index (χ0) is 16.4. The lowest BCUT2D eigenvalue weighted by atomic mass is 9.89. The second-order valence-corrected chi connectivity index (χ2v) is 6.19. The highest BCUT2D eigenvalue weighted by molar-refractivity contribution is 5.76. The van der Waals surface area contributed by atoms with E-state index in [1.54, 1.807) is 7.05 Å². The first-order valence-corrected chi connectivity index (χ1v) is 8.04. The molecule has 1 amide bonds. The summed E-state index contributed by atoms with van der Waals surface area (Å²) in [5, 5.41) is 6.79. The van der Waals surface area contributed by atoms with Crippen LogP contribution < -0.4 is 11.0 Å². The fourth-order valence-corrected chi connectivity index (χ4v) is 3.08. The number of benzene rings is 1. The van der Waals surface area contributed by atoms with Crippen LogP contribution in [0.15, 0.2) is 29.3 Å². The Kier molecular flexibility index (Phi) is 4.32. The summed E-state index contributed by atoms with van der Waals surface area (Å²) in [6, 6.07) is 6.39. The van der Waals surface area contributed by atoms with Crippen molar-refractivity contribution in [3.8, 4) is 0 Å². The summed E-state index contributed by atoms with van der Waals surface area (Å²) in [7, 11) is 1.56. The number of fused-ring (bicyclic) bond motifs is 1. The number of nitrogens with zero attached hydrogens (tertiary/aromatic N) is 3. The van der Waals surface area contributed by atoms with Gasteiger partial charge >= 0.3 is 5.69 Å². The quantitative estimate of drug-likeness (QED) is 0.926. The van der Waals surface area contributed by atoms with Crippen molar-refractivity contribution >= 4 is 5.91 Å². The Bertz CT molecular complexity index is 775. The van der Waals surface area contributed by atoms with Gasteiger partial charge in [0.15, 0.2) is 0 Å². The number of rotatable bonds is 4. The van der Waals surface area contributed by atoms with Crippen LogP contribution in [0.3, 0.4) is 0 Å². The molecule has 23 heavy (non-hydrogen) atoms. The third-order valence-corrected chi connectivity index (χ3v) is 4.45. The molecule has 0 saturated heterocycles. The lowest BCUT2D eigenvalue weighted by Crippen LogP contribution is -2.34. The lowest BCUT2D eigenvalue weighted by molar-refractivity contribution is -0.122. The van der Waals surface area contributed by atoms with Crippen LogP contribution in [-0.4, -0.2) is 20.3 Å². The number of aryl methyl sites for hydroxylation is 3. The minimum atomic E-state index is -0.290. The van der Waals surface area contributed by atoms with Gasteiger partial charge in [-0.1, -0.05) is 18.2 Å². The van der Waals surface area contributed by atoms with E-state index in [1.807, 2.05) is 6.92 Å². The van der Waals surface area contributed by atoms with Crippen molar-refractivity contribution in [1.29, 1.82) is 0 Å². The minimum absolute atomic E-state index is 0.0120. The van der Waals surface area contributed by atoms with Gasteiger partial charge < -0.3 is 5.32 Å². The maximum Gasteiger partial charge on any atom is 0.345 e. The molecule has 6 nitrogen and oxygen atoms in total. The molecule has 0 spiro atoms. The summed E-state index contributed by atoms with van der Waals surface area (Å²) in [6.45, 7) is 1.95. The Labute approximate surface area is 135 Å². The van der Waals surface area contributed by atoms with Gasteiger partial charge in [0.05, 0.1) is 6.04 Å². The number of hydrogen-bond acceptors (Lipinski definition) is 3. The van der Waals surface area contributed by atoms with Crippen LogP contribution in [0.4, 0.5) is 0 Å². The predicted octanol–water partition coefficient (Wildman–Crippen LogP) is 1.34. The monoisotopic (exact) mass is 314 g/mol. The number of carbonyl (C=O) groups is 1. The van der Waals surface area contributed by atoms with Gasteiger partial charge in [-0.25, -0.2) is 9.48 Å². The van der Waals surface area contributed by atoms with E-state index in [4.69, 9.17) is 0 Å². The molecule has 1 atom stereocenters. The van der Waals surface area contributed by atoms with E-state index in [-0.39, 0.29) is 24.2 Å². The smallest absolute Gasteiger partial charge is 0.345 e. The molecule has 2 aromatic rings. The molecule has 122 valence electrons. The van der Waals surface area contributed by atoms with E-state index in [0.29, 0.717) is 0 Å². The molecule has 1 unspecified atom stereocenters. The molecule has 6 heteroatoms. The Morgan fingerprint density at radius 3 is 2.74 bits per heavy atom. The first-order valence-electron chi connectivity index (χ1n) is 8.04. The number of hydrogen-bond donors (Lipinski definition) is 1. The van der Waals surface area contributed by atoms with Crippen molar-refractivity contribution in [2.45, 2.75) is 45.2 Å². The van der Waals surface area contributed by atoms with E-state index in [1.165, 1.54) is 39.5 Å². The van der Waals surface area contributed by atoms with E-state index in [9.17, 15) is 9.59 Å². The maximum atomic E-state index is 12.1. The number of aromatic nitrogens is 3. The Balaban J connectivity index is 1.66. The van der Waals surface area contributed by atoms with Gasteiger partial charge in [-0.2, -0.15) is 5.10 Å². The molecule has 3 rings (SSSR count). The summed E-state index contributed by atoms with van der Waals surface area (Å²) in [4.78, 5) is 23.8. The van der Waals surface area contributed by atoms with Crippen molar-refractivity contribution < 1.29 is 4.79 Å². The highest BCUT2D eigenvalue weighted by Crippen LogP contribution is 2.24. The second kappa shape index (κ2) is 6.40. The molecule has 1 aliphatic carbocycles. The standard InChI is InChI=1S/C17H22N4O2/c1-12(14-8-7-13-5-3-4-6-15(13)9-14)19-16(22)10-21-11-18-20(2)17(21)23/h7-9,11-12H,3-6,10H2,1-2H3,(H,19,22). The van der Waals surface area contributed by atoms with Gasteiger partial charge in [0.2, 0.25) is 5.91 Å². The summed E-state index contributed by atoms with van der Waals surface area (Å²) >= 11 is 0. The normalized spacial score (nSPS) is 15.0. The molecule has 1 heterocycles. The van der Waals surface area contributed by atoms with Crippen LogP contribution in [0.5, 0.6) is 0 Å². The second-order valence-electron chi connectivity index (χ2n) is 6.19. The molecule has 1 aromatic heterocycles. The van der Waals surface area contributed by atoms with E-state index < -0.39 is 0 Å². The predicted molar refractivity (Wildman–Crippen MR) is 87.1 cm³/mol. The third-order valence-electron chi connectivity index (χ3n) is 4.45. The van der Waals surface area contributed by atoms with E-state index in [2.05, 4.69) is 28.6 Å². The van der Waals surface area contributed by atoms with Crippen LogP contribution >= 0.6 is 0 Å². The number of nitrogens with one attached hydrogen (secondary N) is 1. The average Bonchev–Trinajstić information content (AvgIpc) is 2.86. The average molecular weight is 314 g/mol. The van der Waals surface area contributed by atoms with Gasteiger partial charge in [0, 0.05) is 7.05 Å². The molecule has 0 fully saturated rings. The van der Waals surface area contributed by atoms with Crippen LogP contribution in [-0.2, 0) is 31.2 Å². The van der Waals surface area contributed by atoms with Gasteiger partial charge in [-0.15, -0.1) is 0 Å². The summed E-state index contributed by atoms with van der Waals surface area (Å²) in [5.74, 6) is -0.190. The lowest BCUT2D eigenvalue weighted by Gasteiger charge is -2.20. The molecule has 1 aromatic carbocycles. The fraction of sp³-hybridized carbons (Fsp3) is 0.471. The minimum Gasteiger partial charge on any atom is -0.348 e. The highest BCUT2D eigenvalue weighted by atomic mass is 16.2. The highest BCUT2D eigenvalue weighted by Gasteiger charge is 2.15. The van der Waals surface area contributed by atoms with Crippen LogP contribution in [0.2, 0.25) is 0 Å². The molecular weight excluding hydrogens is 292 g/mol. The van der Waals surface area contributed by atoms with Gasteiger partial charge in [0.1, 0.15) is 12.9 Å². The first kappa shape index (κ1) is 15.5. The summed E-state index contributed by atoms with van der Waals surface area (Å²) in [6.07, 6.45) is 6.15. The zero-order valence-corrected chi connectivity index (χ0v) is 13.6. The Morgan fingerprint density at radius 1 is 1.30 bits per heavy atom. The van der Waals surface area contributed by atoms with Crippen molar-refractivity contribution in [2.24, 2.45) is 7.05 Å². The van der Waals surface area contributed by atoms with Gasteiger partial charge in [-0.3, -0.25) is 9.36 Å². The van der Waals surface area contributed by atoms with Gasteiger partial charge in [-0.05, 0) is 49.3 Å². The molecule has 0 saturated carbocycles. The van der Waals surface area contributed by atoms with E-state index >= 15 is 0 Å². The third kappa shape index (κ3) is 3.36. The van der Waals surface area contributed by atoms with Crippen LogP contribution in [0.1, 0.15) is 42.5 Å². The summed E-state index contributed by atoms with van der Waals surface area (Å²) in [5.41, 5.74) is 3.65. The van der Waals surface area contributed by atoms with Crippen LogP contribution in [0, 0.1) is 0 Å². The summed E-state index contributed by atoms with van der Waals surface area (Å²) < 4.78 is 2.51. The number of carbonyl (C=O) groups excluding carboxylic acids is 1. The Morgan fingerprint density at radius 2 is 2.04 bits per heavy atom. The largest absolute Gasteiger partial charge is 0.348 e. The fourth-order valence-electron chi connectivity index (χ4n) is 3.08. The van der Waals surface area contributed by atoms with Crippen molar-refractivity contribution in [3.05, 3.63) is 51.7 Å². The molecule has 1 aliphatic rings. The zero-order valence-electron chi connectivity index (χ0n) is 13.6. The van der Waals surface area contributed by atoms with E-state index in [0.717, 1.165) is 18.4 Å². The number of amides is 1. The van der Waals surface area contributed by atoms with Gasteiger partial charge in [0.25, 0.3) is 0 Å². The molecule has 0 bridgehead atoms. The molecule has 1 N–H and O–H groups in total. The first-order chi connectivity index (χ1) is 11.0. The topological polar surface area (TPSA) is 68.9 Å². The van der Waals surface area contributed by atoms with Crippen LogP contribution in [0.25, 0.3) is 0 Å². The Hall–Kier alpha value is -2.37. The molecule has 0 aliphatic heterocycles. The van der Waals surface area contributed by atoms with Crippen molar-refractivity contribution in [2.75, 3.05) is 0 Å². The van der Waals surface area contributed by atoms with Crippen molar-refractivity contribution in [3.63, 3.8) is 0 Å². The molecular formula is C17H22N4O2. The SMILES string of the molecule is CC(NC(=O)Cn1cnn(C)c1=O)c1ccc2c(c1)CCCC2. The van der Waals surface area contributed by atoms with Crippen molar-refractivity contribution in [1.82, 2.24) is 19.7 Å².